The van der Waals surface area contributed by atoms with E-state index in [2.05, 4.69) is 5.32 Å². The van der Waals surface area contributed by atoms with Crippen molar-refractivity contribution in [1.82, 2.24) is 10.2 Å². The maximum atomic E-state index is 13.3. The molecular formula is C22H23N3O4. The molecule has 0 saturated carbocycles. The molecule has 1 N–H and O–H groups in total. The standard InChI is InChI=1S/C22H23N3O4/c1-3-22(16-8-10-17(29-2)11-9-16)20(27)25(21(28)23-22)14-19(26)24-13-12-15-6-4-5-7-18(15)24/h4-11H,3,12-14H2,1-2H3,(H,23,28)/t22-/m0/s1. The molecule has 1 saturated heterocycles. The van der Waals surface area contributed by atoms with Gasteiger partial charge in [0.1, 0.15) is 17.8 Å². The van der Waals surface area contributed by atoms with E-state index in [0.717, 1.165) is 22.6 Å². The number of hydrogen-bond acceptors (Lipinski definition) is 4. The van der Waals surface area contributed by atoms with Crippen LogP contribution in [0.2, 0.25) is 0 Å². The second kappa shape index (κ2) is 7.24. The summed E-state index contributed by atoms with van der Waals surface area (Å²) in [6.45, 7) is 2.11. The Morgan fingerprint density at radius 2 is 1.86 bits per heavy atom. The first-order valence-corrected chi connectivity index (χ1v) is 9.67. The lowest BCUT2D eigenvalue weighted by Gasteiger charge is -2.26. The van der Waals surface area contributed by atoms with E-state index >= 15 is 0 Å². The molecule has 0 unspecified atom stereocenters. The molecule has 2 aromatic carbocycles. The highest BCUT2D eigenvalue weighted by Gasteiger charge is 2.52. The van der Waals surface area contributed by atoms with Crippen LogP contribution in [0.25, 0.3) is 0 Å². The Hall–Kier alpha value is -3.35. The Balaban J connectivity index is 1.57. The van der Waals surface area contributed by atoms with Crippen LogP contribution in [0.15, 0.2) is 48.5 Å². The number of nitrogens with one attached hydrogen (secondary N) is 1. The van der Waals surface area contributed by atoms with Crippen molar-refractivity contribution in [3.63, 3.8) is 0 Å². The number of fused-ring (bicyclic) bond motifs is 1. The van der Waals surface area contributed by atoms with Gasteiger partial charge in [0, 0.05) is 12.2 Å². The van der Waals surface area contributed by atoms with Gasteiger partial charge in [-0.05, 0) is 42.2 Å². The van der Waals surface area contributed by atoms with Crippen LogP contribution in [0.1, 0.15) is 24.5 Å². The Morgan fingerprint density at radius 1 is 1.14 bits per heavy atom. The SMILES string of the molecule is CC[C@@]1(c2ccc(OC)cc2)NC(=O)N(CC(=O)N2CCc3ccccc32)C1=O. The Bertz CT molecular complexity index is 972. The fraction of sp³-hybridized carbons (Fsp3) is 0.318. The van der Waals surface area contributed by atoms with Gasteiger partial charge in [0.15, 0.2) is 0 Å². The van der Waals surface area contributed by atoms with Crippen LogP contribution < -0.4 is 15.0 Å². The summed E-state index contributed by atoms with van der Waals surface area (Å²) in [4.78, 5) is 41.5. The fourth-order valence-corrected chi connectivity index (χ4v) is 4.10. The summed E-state index contributed by atoms with van der Waals surface area (Å²) in [5, 5.41) is 2.81. The predicted molar refractivity (Wildman–Crippen MR) is 108 cm³/mol. The van der Waals surface area contributed by atoms with Gasteiger partial charge in [0.2, 0.25) is 5.91 Å². The number of amides is 4. The minimum Gasteiger partial charge on any atom is -0.497 e. The number of imide groups is 1. The second-order valence-electron chi connectivity index (χ2n) is 7.23. The lowest BCUT2D eigenvalue weighted by Crippen LogP contribution is -2.45. The number of methoxy groups -OCH3 is 1. The van der Waals surface area contributed by atoms with Gasteiger partial charge in [-0.25, -0.2) is 4.79 Å². The fourth-order valence-electron chi connectivity index (χ4n) is 4.10. The molecule has 4 rings (SSSR count). The molecule has 0 radical (unpaired) electrons. The van der Waals surface area contributed by atoms with Crippen LogP contribution in [0.4, 0.5) is 10.5 Å². The molecule has 0 aliphatic carbocycles. The lowest BCUT2D eigenvalue weighted by atomic mass is 9.87. The monoisotopic (exact) mass is 393 g/mol. The quantitative estimate of drug-likeness (QED) is 0.792. The molecule has 2 aliphatic heterocycles. The Labute approximate surface area is 169 Å². The van der Waals surface area contributed by atoms with Crippen LogP contribution in [0, 0.1) is 0 Å². The Kier molecular flexibility index (Phi) is 4.74. The number of rotatable bonds is 5. The molecule has 2 heterocycles. The third-order valence-electron chi connectivity index (χ3n) is 5.77. The average molecular weight is 393 g/mol. The van der Waals surface area contributed by atoms with E-state index < -0.39 is 17.5 Å². The molecule has 4 amide bonds. The zero-order valence-electron chi connectivity index (χ0n) is 16.5. The van der Waals surface area contributed by atoms with E-state index in [0.29, 0.717) is 24.3 Å². The van der Waals surface area contributed by atoms with Crippen molar-refractivity contribution < 1.29 is 19.1 Å². The summed E-state index contributed by atoms with van der Waals surface area (Å²) in [6.07, 6.45) is 1.15. The molecule has 2 aliphatic rings. The molecular weight excluding hydrogens is 370 g/mol. The normalized spacial score (nSPS) is 20.6. The number of benzene rings is 2. The smallest absolute Gasteiger partial charge is 0.325 e. The van der Waals surface area contributed by atoms with Crippen molar-refractivity contribution in [2.45, 2.75) is 25.3 Å². The third kappa shape index (κ3) is 3.03. The first-order valence-electron chi connectivity index (χ1n) is 9.67. The third-order valence-corrected chi connectivity index (χ3v) is 5.77. The highest BCUT2D eigenvalue weighted by Crippen LogP contribution is 2.34. The zero-order valence-corrected chi connectivity index (χ0v) is 16.5. The molecule has 0 aromatic heterocycles. The number of nitrogens with zero attached hydrogens (tertiary/aromatic N) is 2. The van der Waals surface area contributed by atoms with Gasteiger partial charge in [-0.2, -0.15) is 0 Å². The Morgan fingerprint density at radius 3 is 2.55 bits per heavy atom. The van der Waals surface area contributed by atoms with Gasteiger partial charge in [-0.1, -0.05) is 37.3 Å². The number of urea groups is 1. The first kappa shape index (κ1) is 19.0. The van der Waals surface area contributed by atoms with Crippen molar-refractivity contribution in [3.05, 3.63) is 59.7 Å². The molecule has 1 fully saturated rings. The number of para-hydroxylation sites is 1. The van der Waals surface area contributed by atoms with Gasteiger partial charge in [-0.15, -0.1) is 0 Å². The van der Waals surface area contributed by atoms with Crippen molar-refractivity contribution in [3.8, 4) is 5.75 Å². The highest BCUT2D eigenvalue weighted by atomic mass is 16.5. The van der Waals surface area contributed by atoms with Gasteiger partial charge in [0.25, 0.3) is 5.91 Å². The predicted octanol–water partition coefficient (Wildman–Crippen LogP) is 2.44. The van der Waals surface area contributed by atoms with E-state index in [1.54, 1.807) is 36.3 Å². The number of carbonyl (C=O) groups excluding carboxylic acids is 3. The summed E-state index contributed by atoms with van der Waals surface area (Å²) in [7, 11) is 1.57. The van der Waals surface area contributed by atoms with Crippen LogP contribution in [-0.4, -0.2) is 42.9 Å². The van der Waals surface area contributed by atoms with Crippen LogP contribution in [-0.2, 0) is 21.5 Å². The summed E-state index contributed by atoms with van der Waals surface area (Å²) in [6, 6.07) is 14.2. The van der Waals surface area contributed by atoms with Gasteiger partial charge in [-0.3, -0.25) is 14.5 Å². The summed E-state index contributed by atoms with van der Waals surface area (Å²) in [5.41, 5.74) is 1.44. The first-order chi connectivity index (χ1) is 14.0. The number of ether oxygens (including phenoxy) is 1. The van der Waals surface area contributed by atoms with Crippen molar-refractivity contribution in [2.75, 3.05) is 25.1 Å². The molecule has 29 heavy (non-hydrogen) atoms. The van der Waals surface area contributed by atoms with E-state index in [1.165, 1.54) is 0 Å². The summed E-state index contributed by atoms with van der Waals surface area (Å²) in [5.74, 6) is -0.00686. The molecule has 0 spiro atoms. The van der Waals surface area contributed by atoms with E-state index in [1.807, 2.05) is 31.2 Å². The lowest BCUT2D eigenvalue weighted by molar-refractivity contribution is -0.134. The molecule has 0 bridgehead atoms. The second-order valence-corrected chi connectivity index (χ2v) is 7.23. The number of carbonyl (C=O) groups is 3. The topological polar surface area (TPSA) is 79.0 Å². The van der Waals surface area contributed by atoms with Gasteiger partial charge >= 0.3 is 6.03 Å². The van der Waals surface area contributed by atoms with Crippen molar-refractivity contribution in [2.24, 2.45) is 0 Å². The maximum Gasteiger partial charge on any atom is 0.325 e. The molecule has 2 aromatic rings. The van der Waals surface area contributed by atoms with E-state index in [-0.39, 0.29) is 12.5 Å². The summed E-state index contributed by atoms with van der Waals surface area (Å²) >= 11 is 0. The van der Waals surface area contributed by atoms with Crippen LogP contribution in [0.5, 0.6) is 5.75 Å². The summed E-state index contributed by atoms with van der Waals surface area (Å²) < 4.78 is 5.17. The minimum absolute atomic E-state index is 0.264. The molecule has 150 valence electrons. The molecule has 7 nitrogen and oxygen atoms in total. The largest absolute Gasteiger partial charge is 0.497 e. The zero-order chi connectivity index (χ0) is 20.6. The van der Waals surface area contributed by atoms with Gasteiger partial charge < -0.3 is 15.0 Å². The van der Waals surface area contributed by atoms with Crippen molar-refractivity contribution in [1.29, 1.82) is 0 Å². The van der Waals surface area contributed by atoms with Crippen LogP contribution in [0.3, 0.4) is 0 Å². The number of hydrogen-bond donors (Lipinski definition) is 1. The van der Waals surface area contributed by atoms with Gasteiger partial charge in [0.05, 0.1) is 7.11 Å². The van der Waals surface area contributed by atoms with Crippen LogP contribution >= 0.6 is 0 Å². The molecule has 7 heteroatoms. The minimum atomic E-state index is -1.17. The highest BCUT2D eigenvalue weighted by molar-refractivity contribution is 6.11. The van der Waals surface area contributed by atoms with E-state index in [4.69, 9.17) is 4.74 Å². The maximum absolute atomic E-state index is 13.3. The average Bonchev–Trinajstić information content (AvgIpc) is 3.29. The van der Waals surface area contributed by atoms with Crippen molar-refractivity contribution >= 4 is 23.5 Å². The van der Waals surface area contributed by atoms with E-state index in [9.17, 15) is 14.4 Å². The molecule has 1 atom stereocenters. The number of anilines is 1.